The van der Waals surface area contributed by atoms with Crippen molar-refractivity contribution in [3.05, 3.63) is 83.0 Å². The molecule has 8 rings (SSSR count). The van der Waals surface area contributed by atoms with Crippen LogP contribution in [0.1, 0.15) is 74.9 Å². The van der Waals surface area contributed by atoms with Crippen LogP contribution in [0.25, 0.3) is 23.2 Å². The molecule has 3 aliphatic rings. The molecule has 5 aromatic rings. The molecule has 0 saturated carbocycles. The Balaban J connectivity index is 1.37. The van der Waals surface area contributed by atoms with Crippen molar-refractivity contribution < 1.29 is 32.7 Å². The predicted octanol–water partition coefficient (Wildman–Crippen LogP) is 4.43. The molecule has 0 radical (unpaired) electrons. The molecule has 0 saturated heterocycles. The number of carbonyl (C=O) groups is 2. The number of carbonyl (C=O) groups excluding carboxylic acids is 2. The van der Waals surface area contributed by atoms with Gasteiger partial charge in [-0.25, -0.2) is 9.97 Å². The van der Waals surface area contributed by atoms with Crippen LogP contribution in [-0.4, -0.2) is 55.5 Å². The van der Waals surface area contributed by atoms with E-state index in [4.69, 9.17) is 28.0 Å². The van der Waals surface area contributed by atoms with Crippen molar-refractivity contribution in [3.63, 3.8) is 0 Å². The monoisotopic (exact) mass is 679 g/mol. The standard InChI is InChI=1S/C36H37N7O7/c1-16(2)26(44)30(46)37-22-14-18-11-12-24-20(13-18)36(19-9-7-8-10-21(19)39-34(36)49-24)28-25(32-38-23(15-47-32)31-43-42-17(3)48-31)40-33(50-28)27(35(4,5)6)41-29(22)45/h7-13,15-16,22,26-27,34,39,44H,14H2,1-6H3,(H,37,46)(H,41,45)/t22-,26-,27+,34?,36-/m0/s1. The Morgan fingerprint density at radius 3 is 2.58 bits per heavy atom. The number of oxazole rings is 2. The first kappa shape index (κ1) is 31.7. The molecule has 0 aliphatic carbocycles. The Morgan fingerprint density at radius 2 is 1.84 bits per heavy atom. The lowest BCUT2D eigenvalue weighted by molar-refractivity contribution is -0.136. The highest BCUT2D eigenvalue weighted by molar-refractivity contribution is 5.90. The fraction of sp³-hybridized carbons (Fsp3) is 0.389. The van der Waals surface area contributed by atoms with Crippen molar-refractivity contribution in [2.45, 2.75) is 77.8 Å². The number of aliphatic hydroxyl groups is 1. The normalized spacial score (nSPS) is 22.8. The lowest BCUT2D eigenvalue weighted by Gasteiger charge is -2.32. The number of fused-ring (bicyclic) bond motifs is 4. The first-order valence-electron chi connectivity index (χ1n) is 16.6. The van der Waals surface area contributed by atoms with Crippen molar-refractivity contribution in [3.8, 4) is 28.9 Å². The fourth-order valence-electron chi connectivity index (χ4n) is 7.00. The number of anilines is 1. The number of benzene rings is 2. The second-order valence-electron chi connectivity index (χ2n) is 14.5. The highest BCUT2D eigenvalue weighted by Gasteiger charge is 2.61. The van der Waals surface area contributed by atoms with Gasteiger partial charge in [-0.3, -0.25) is 9.59 Å². The van der Waals surface area contributed by atoms with Gasteiger partial charge in [-0.2, -0.15) is 0 Å². The molecular weight excluding hydrogens is 642 g/mol. The molecule has 3 aliphatic heterocycles. The van der Waals surface area contributed by atoms with Crippen LogP contribution in [0.3, 0.4) is 0 Å². The molecule has 258 valence electrons. The minimum Gasteiger partial charge on any atom is -0.469 e. The molecule has 1 unspecified atom stereocenters. The molecule has 14 heteroatoms. The van der Waals surface area contributed by atoms with E-state index in [1.54, 1.807) is 20.8 Å². The topological polar surface area (TPSA) is 191 Å². The summed E-state index contributed by atoms with van der Waals surface area (Å²) >= 11 is 0. The molecule has 50 heavy (non-hydrogen) atoms. The van der Waals surface area contributed by atoms with Crippen LogP contribution in [0.15, 0.2) is 62.0 Å². The largest absolute Gasteiger partial charge is 0.469 e. The third kappa shape index (κ3) is 4.88. The van der Waals surface area contributed by atoms with Gasteiger partial charge < -0.3 is 39.0 Å². The zero-order chi connectivity index (χ0) is 35.1. The Bertz CT molecular complexity index is 2140. The van der Waals surface area contributed by atoms with Gasteiger partial charge in [0.2, 0.25) is 29.5 Å². The van der Waals surface area contributed by atoms with Crippen molar-refractivity contribution in [1.82, 2.24) is 30.8 Å². The molecule has 5 atom stereocenters. The van der Waals surface area contributed by atoms with E-state index in [1.807, 2.05) is 63.2 Å². The van der Waals surface area contributed by atoms with Crippen LogP contribution in [0.5, 0.6) is 5.75 Å². The third-order valence-corrected chi connectivity index (χ3v) is 9.57. The Hall–Kier alpha value is -5.50. The van der Waals surface area contributed by atoms with E-state index in [0.29, 0.717) is 28.8 Å². The summed E-state index contributed by atoms with van der Waals surface area (Å²) in [5.74, 6) is 0.501. The molecular formula is C36H37N7O7. The molecule has 2 aromatic carbocycles. The number of hydrogen-bond acceptors (Lipinski definition) is 12. The maximum Gasteiger partial charge on any atom is 0.269 e. The quantitative estimate of drug-likeness (QED) is 0.205. The van der Waals surface area contributed by atoms with Gasteiger partial charge in [0.1, 0.15) is 35.6 Å². The second kappa shape index (κ2) is 11.3. The van der Waals surface area contributed by atoms with E-state index in [9.17, 15) is 14.7 Å². The van der Waals surface area contributed by atoms with E-state index in [0.717, 1.165) is 22.4 Å². The Kier molecular flexibility index (Phi) is 7.16. The number of aromatic nitrogens is 4. The van der Waals surface area contributed by atoms with E-state index in [2.05, 4.69) is 26.1 Å². The molecule has 3 aromatic heterocycles. The first-order chi connectivity index (χ1) is 23.8. The summed E-state index contributed by atoms with van der Waals surface area (Å²) in [5, 5.41) is 28.0. The zero-order valence-electron chi connectivity index (χ0n) is 28.4. The lowest BCUT2D eigenvalue weighted by Crippen LogP contribution is -2.53. The zero-order valence-corrected chi connectivity index (χ0v) is 28.4. The van der Waals surface area contributed by atoms with Gasteiger partial charge in [0.25, 0.3) is 5.89 Å². The Labute approximate surface area is 287 Å². The lowest BCUT2D eigenvalue weighted by atomic mass is 9.72. The summed E-state index contributed by atoms with van der Waals surface area (Å²) in [6, 6.07) is 11.8. The summed E-state index contributed by atoms with van der Waals surface area (Å²) in [6.07, 6.45) is -0.363. The van der Waals surface area contributed by atoms with Gasteiger partial charge >= 0.3 is 0 Å². The first-order valence-corrected chi connectivity index (χ1v) is 16.6. The highest BCUT2D eigenvalue weighted by atomic mass is 16.5. The smallest absolute Gasteiger partial charge is 0.269 e. The van der Waals surface area contributed by atoms with Gasteiger partial charge in [0.05, 0.1) is 0 Å². The number of amides is 2. The average Bonchev–Trinajstić information content (AvgIpc) is 3.89. The second-order valence-corrected chi connectivity index (χ2v) is 14.5. The van der Waals surface area contributed by atoms with Crippen LogP contribution in [0.4, 0.5) is 5.69 Å². The molecule has 4 N–H and O–H groups in total. The number of aryl methyl sites for hydroxylation is 1. The number of para-hydroxylation sites is 1. The molecule has 2 amide bonds. The van der Waals surface area contributed by atoms with Crippen LogP contribution in [-0.2, 0) is 21.4 Å². The maximum absolute atomic E-state index is 14.2. The van der Waals surface area contributed by atoms with Crippen molar-refractivity contribution in [1.29, 1.82) is 0 Å². The SMILES string of the molecule is Cc1nnc(-c2coc(-c3nc4oc3[C@@]35c6ccccc6NC3Oc3ccc(cc35)C[C@H](NC(=O)[C@@H](O)C(C)C)C(=O)N[C@H]4C(C)(C)C)n2)o1. The van der Waals surface area contributed by atoms with Crippen LogP contribution in [0, 0.1) is 18.3 Å². The maximum atomic E-state index is 14.2. The summed E-state index contributed by atoms with van der Waals surface area (Å²) in [5.41, 5.74) is 2.22. The molecule has 6 heterocycles. The van der Waals surface area contributed by atoms with Crippen molar-refractivity contribution in [2.75, 3.05) is 5.32 Å². The summed E-state index contributed by atoms with van der Waals surface area (Å²) in [7, 11) is 0. The predicted molar refractivity (Wildman–Crippen MR) is 178 cm³/mol. The van der Waals surface area contributed by atoms with E-state index in [1.165, 1.54) is 6.26 Å². The minimum absolute atomic E-state index is 0.143. The van der Waals surface area contributed by atoms with E-state index < -0.39 is 47.1 Å². The van der Waals surface area contributed by atoms with Gasteiger partial charge in [-0.1, -0.05) is 65.0 Å². The molecule has 14 nitrogen and oxygen atoms in total. The number of nitrogens with zero attached hydrogens (tertiary/aromatic N) is 4. The minimum atomic E-state index is -1.29. The number of nitrogens with one attached hydrogen (secondary N) is 3. The summed E-state index contributed by atoms with van der Waals surface area (Å²) < 4.78 is 25.2. The van der Waals surface area contributed by atoms with Gasteiger partial charge in [0.15, 0.2) is 23.4 Å². The van der Waals surface area contributed by atoms with Crippen LogP contribution < -0.4 is 20.7 Å². The van der Waals surface area contributed by atoms with Crippen LogP contribution >= 0.6 is 0 Å². The van der Waals surface area contributed by atoms with E-state index >= 15 is 0 Å². The summed E-state index contributed by atoms with van der Waals surface area (Å²) in [6.45, 7) is 11.0. The van der Waals surface area contributed by atoms with Crippen molar-refractivity contribution >= 4 is 17.5 Å². The average molecular weight is 680 g/mol. The molecule has 0 fully saturated rings. The number of rotatable bonds is 5. The van der Waals surface area contributed by atoms with Gasteiger partial charge in [0, 0.05) is 24.6 Å². The van der Waals surface area contributed by atoms with Crippen LogP contribution in [0.2, 0.25) is 0 Å². The third-order valence-electron chi connectivity index (χ3n) is 9.57. The van der Waals surface area contributed by atoms with Gasteiger partial charge in [-0.15, -0.1) is 10.2 Å². The van der Waals surface area contributed by atoms with Crippen molar-refractivity contribution in [2.24, 2.45) is 11.3 Å². The number of hydrogen-bond donors (Lipinski definition) is 4. The van der Waals surface area contributed by atoms with E-state index in [-0.39, 0.29) is 30.0 Å². The fourth-order valence-corrected chi connectivity index (χ4v) is 7.00. The molecule has 1 spiro atoms. The summed E-state index contributed by atoms with van der Waals surface area (Å²) in [4.78, 5) is 37.1. The molecule has 4 bridgehead atoms. The Morgan fingerprint density at radius 1 is 1.04 bits per heavy atom. The van der Waals surface area contributed by atoms with Gasteiger partial charge in [-0.05, 0) is 34.6 Å². The number of ether oxygens (including phenoxy) is 1. The highest BCUT2D eigenvalue weighted by Crippen LogP contribution is 2.59. The number of aliphatic hydroxyl groups excluding tert-OH is 1.